The maximum Gasteiger partial charge on any atom is 0.182 e. The lowest BCUT2D eigenvalue weighted by Gasteiger charge is -2.13. The smallest absolute Gasteiger partial charge is 0.182 e. The van der Waals surface area contributed by atoms with Crippen molar-refractivity contribution < 1.29 is 0 Å². The number of likely N-dealkylation sites (tertiary alicyclic amines) is 1. The van der Waals surface area contributed by atoms with Crippen LogP contribution in [-0.2, 0) is 0 Å². The highest BCUT2D eigenvalue weighted by molar-refractivity contribution is 5.16. The minimum Gasteiger partial charge on any atom is -0.362 e. The molecular weight excluding hydrogens is 188 g/mol. The fourth-order valence-corrected chi connectivity index (χ4v) is 2.30. The van der Waals surface area contributed by atoms with Gasteiger partial charge < -0.3 is 9.88 Å². The zero-order valence-electron chi connectivity index (χ0n) is 9.42. The molecule has 82 valence electrons. The lowest BCUT2D eigenvalue weighted by molar-refractivity contribution is 0.353. The molecule has 0 aliphatic carbocycles. The summed E-state index contributed by atoms with van der Waals surface area (Å²) in [6.45, 7) is 7.46. The Hall–Kier alpha value is -1.09. The predicted octanol–water partition coefficient (Wildman–Crippen LogP) is 1.49. The molecule has 1 atom stereocenters. The average Bonchev–Trinajstić information content (AvgIpc) is 2.64. The van der Waals surface area contributed by atoms with Gasteiger partial charge in [-0.15, -0.1) is 0 Å². The first-order valence-electron chi connectivity index (χ1n) is 5.62. The van der Waals surface area contributed by atoms with Crippen molar-refractivity contribution in [3.63, 3.8) is 0 Å². The van der Waals surface area contributed by atoms with Crippen LogP contribution in [0, 0.1) is 6.92 Å². The van der Waals surface area contributed by atoms with Gasteiger partial charge in [-0.3, -0.25) is 4.79 Å². The Labute approximate surface area is 90.1 Å². The van der Waals surface area contributed by atoms with Crippen LogP contribution in [-0.4, -0.2) is 29.5 Å². The zero-order valence-corrected chi connectivity index (χ0v) is 9.42. The van der Waals surface area contributed by atoms with E-state index in [0.29, 0.717) is 5.92 Å². The van der Waals surface area contributed by atoms with Crippen molar-refractivity contribution in [3.05, 3.63) is 33.7 Å². The van der Waals surface area contributed by atoms with Gasteiger partial charge in [0.25, 0.3) is 0 Å². The fourth-order valence-electron chi connectivity index (χ4n) is 2.30. The molecule has 2 rings (SSSR count). The van der Waals surface area contributed by atoms with Gasteiger partial charge >= 0.3 is 0 Å². The molecule has 15 heavy (non-hydrogen) atoms. The van der Waals surface area contributed by atoms with Crippen molar-refractivity contribution in [2.45, 2.75) is 26.2 Å². The van der Waals surface area contributed by atoms with E-state index in [9.17, 15) is 4.79 Å². The summed E-state index contributed by atoms with van der Waals surface area (Å²) in [7, 11) is 0. The largest absolute Gasteiger partial charge is 0.362 e. The van der Waals surface area contributed by atoms with E-state index >= 15 is 0 Å². The summed E-state index contributed by atoms with van der Waals surface area (Å²) in [4.78, 5) is 17.1. The lowest BCUT2D eigenvalue weighted by Crippen LogP contribution is -2.20. The molecule has 2 heterocycles. The number of nitrogens with one attached hydrogen (secondary N) is 1. The summed E-state index contributed by atoms with van der Waals surface area (Å²) in [5, 5.41) is 0. The van der Waals surface area contributed by atoms with Gasteiger partial charge in [-0.25, -0.2) is 0 Å². The maximum atomic E-state index is 11.4. The molecule has 1 aromatic rings. The first kappa shape index (κ1) is 10.4. The molecule has 3 heteroatoms. The van der Waals surface area contributed by atoms with Gasteiger partial charge in [-0.2, -0.15) is 0 Å². The summed E-state index contributed by atoms with van der Waals surface area (Å²) >= 11 is 0. The second-order valence-corrected chi connectivity index (χ2v) is 4.33. The molecule has 1 aromatic heterocycles. The molecule has 3 nitrogen and oxygen atoms in total. The zero-order chi connectivity index (χ0) is 10.8. The van der Waals surface area contributed by atoms with Crippen molar-refractivity contribution in [3.8, 4) is 0 Å². The number of H-pyrrole nitrogens is 1. The monoisotopic (exact) mass is 206 g/mol. The van der Waals surface area contributed by atoms with Gasteiger partial charge in [0, 0.05) is 36.0 Å². The number of pyridine rings is 1. The summed E-state index contributed by atoms with van der Waals surface area (Å²) < 4.78 is 0. The highest BCUT2D eigenvalue weighted by atomic mass is 16.1. The summed E-state index contributed by atoms with van der Waals surface area (Å²) in [6, 6.07) is 3.40. The number of aromatic nitrogens is 1. The SMILES string of the molecule is CCN1CC[C@@H](c2cc(=O)cc(C)[nH]2)C1. The molecule has 0 radical (unpaired) electrons. The third kappa shape index (κ3) is 2.29. The standard InChI is InChI=1S/C12H18N2O/c1-3-14-5-4-10(8-14)12-7-11(15)6-9(2)13-12/h6-7,10H,3-5,8H2,1-2H3,(H,13,15)/t10-/m1/s1. The van der Waals surface area contributed by atoms with E-state index in [1.807, 2.05) is 6.92 Å². The predicted molar refractivity (Wildman–Crippen MR) is 61.3 cm³/mol. The van der Waals surface area contributed by atoms with E-state index in [0.717, 1.165) is 37.4 Å². The molecule has 1 saturated heterocycles. The van der Waals surface area contributed by atoms with Gasteiger partial charge in [-0.05, 0) is 26.4 Å². The van der Waals surface area contributed by atoms with Crippen LogP contribution >= 0.6 is 0 Å². The molecule has 1 aliphatic rings. The summed E-state index contributed by atoms with van der Waals surface area (Å²) in [6.07, 6.45) is 1.16. The number of aromatic amines is 1. The number of aryl methyl sites for hydroxylation is 1. The topological polar surface area (TPSA) is 36.1 Å². The molecule has 0 amide bonds. The van der Waals surface area contributed by atoms with Crippen molar-refractivity contribution in [1.82, 2.24) is 9.88 Å². The van der Waals surface area contributed by atoms with Crippen molar-refractivity contribution in [2.24, 2.45) is 0 Å². The second kappa shape index (κ2) is 4.19. The average molecular weight is 206 g/mol. The van der Waals surface area contributed by atoms with E-state index in [1.165, 1.54) is 0 Å². The van der Waals surface area contributed by atoms with Crippen LogP contribution in [0.4, 0.5) is 0 Å². The van der Waals surface area contributed by atoms with Crippen LogP contribution in [0.5, 0.6) is 0 Å². The molecule has 1 fully saturated rings. The Morgan fingerprint density at radius 3 is 2.93 bits per heavy atom. The lowest BCUT2D eigenvalue weighted by atomic mass is 10.0. The van der Waals surface area contributed by atoms with Gasteiger partial charge in [0.05, 0.1) is 0 Å². The van der Waals surface area contributed by atoms with E-state index < -0.39 is 0 Å². The van der Waals surface area contributed by atoms with E-state index in [1.54, 1.807) is 12.1 Å². The molecule has 0 unspecified atom stereocenters. The van der Waals surface area contributed by atoms with Crippen LogP contribution in [0.2, 0.25) is 0 Å². The number of hydrogen-bond donors (Lipinski definition) is 1. The van der Waals surface area contributed by atoms with E-state index in [4.69, 9.17) is 0 Å². The Balaban J connectivity index is 2.20. The molecule has 0 spiro atoms. The van der Waals surface area contributed by atoms with Crippen LogP contribution < -0.4 is 5.43 Å². The maximum absolute atomic E-state index is 11.4. The Morgan fingerprint density at radius 1 is 1.53 bits per heavy atom. The molecule has 1 N–H and O–H groups in total. The normalized spacial score (nSPS) is 22.1. The van der Waals surface area contributed by atoms with Crippen molar-refractivity contribution in [1.29, 1.82) is 0 Å². The van der Waals surface area contributed by atoms with E-state index in [2.05, 4.69) is 16.8 Å². The number of likely N-dealkylation sites (N-methyl/N-ethyl adjacent to an activating group) is 1. The molecule has 1 aliphatic heterocycles. The third-order valence-electron chi connectivity index (χ3n) is 3.16. The van der Waals surface area contributed by atoms with Gasteiger partial charge in [0.2, 0.25) is 0 Å². The highest BCUT2D eigenvalue weighted by Gasteiger charge is 2.23. The van der Waals surface area contributed by atoms with Crippen LogP contribution in [0.25, 0.3) is 0 Å². The van der Waals surface area contributed by atoms with Gasteiger partial charge in [0.15, 0.2) is 5.43 Å². The van der Waals surface area contributed by atoms with Crippen LogP contribution in [0.15, 0.2) is 16.9 Å². The molecule has 0 saturated carbocycles. The van der Waals surface area contributed by atoms with E-state index in [-0.39, 0.29) is 5.43 Å². The van der Waals surface area contributed by atoms with Gasteiger partial charge in [0.1, 0.15) is 0 Å². The Kier molecular flexibility index (Phi) is 2.91. The Bertz CT molecular complexity index is 397. The number of nitrogens with zero attached hydrogens (tertiary/aromatic N) is 1. The molecule has 0 bridgehead atoms. The quantitative estimate of drug-likeness (QED) is 0.796. The minimum absolute atomic E-state index is 0.121. The number of hydrogen-bond acceptors (Lipinski definition) is 2. The van der Waals surface area contributed by atoms with Crippen molar-refractivity contribution >= 4 is 0 Å². The molecule has 0 aromatic carbocycles. The fraction of sp³-hybridized carbons (Fsp3) is 0.583. The first-order valence-corrected chi connectivity index (χ1v) is 5.62. The number of rotatable bonds is 2. The van der Waals surface area contributed by atoms with Crippen LogP contribution in [0.1, 0.15) is 30.7 Å². The van der Waals surface area contributed by atoms with Crippen molar-refractivity contribution in [2.75, 3.05) is 19.6 Å². The first-order chi connectivity index (χ1) is 7.19. The van der Waals surface area contributed by atoms with Gasteiger partial charge in [-0.1, -0.05) is 6.92 Å². The summed E-state index contributed by atoms with van der Waals surface area (Å²) in [5.74, 6) is 0.512. The Morgan fingerprint density at radius 2 is 2.33 bits per heavy atom. The third-order valence-corrected chi connectivity index (χ3v) is 3.16. The minimum atomic E-state index is 0.121. The molecular formula is C12H18N2O. The summed E-state index contributed by atoms with van der Waals surface area (Å²) in [5.41, 5.74) is 2.19. The second-order valence-electron chi connectivity index (χ2n) is 4.33. The highest BCUT2D eigenvalue weighted by Crippen LogP contribution is 2.24. The van der Waals surface area contributed by atoms with Crippen LogP contribution in [0.3, 0.4) is 0 Å².